The summed E-state index contributed by atoms with van der Waals surface area (Å²) < 4.78 is 13.2. The molecule has 0 saturated carbocycles. The van der Waals surface area contributed by atoms with E-state index >= 15 is 0 Å². The second-order valence-corrected chi connectivity index (χ2v) is 3.83. The fourth-order valence-corrected chi connectivity index (χ4v) is 0.974. The molecule has 86 valence electrons. The first-order valence-corrected chi connectivity index (χ1v) is 5.11. The van der Waals surface area contributed by atoms with Gasteiger partial charge in [-0.15, -0.1) is 0 Å². The van der Waals surface area contributed by atoms with Crippen LogP contribution in [0.15, 0.2) is 29.4 Å². The van der Waals surface area contributed by atoms with Crippen molar-refractivity contribution in [3.05, 3.63) is 35.6 Å². The van der Waals surface area contributed by atoms with Gasteiger partial charge >= 0.3 is 0 Å². The average molecular weight is 222 g/mol. The zero-order chi connectivity index (χ0) is 12.1. The summed E-state index contributed by atoms with van der Waals surface area (Å²) >= 11 is 0. The van der Waals surface area contributed by atoms with Crippen molar-refractivity contribution in [2.24, 2.45) is 11.0 Å². The lowest BCUT2D eigenvalue weighted by atomic mass is 10.1. The second-order valence-electron chi connectivity index (χ2n) is 3.83. The Morgan fingerprint density at radius 2 is 2.00 bits per heavy atom. The first-order valence-electron chi connectivity index (χ1n) is 5.11. The summed E-state index contributed by atoms with van der Waals surface area (Å²) in [6.45, 7) is 5.74. The van der Waals surface area contributed by atoms with E-state index in [1.807, 2.05) is 20.8 Å². The van der Waals surface area contributed by atoms with Crippen molar-refractivity contribution in [3.63, 3.8) is 0 Å². The fourth-order valence-electron chi connectivity index (χ4n) is 0.974. The maximum Gasteiger partial charge on any atom is 0.274 e. The molecule has 0 saturated heterocycles. The van der Waals surface area contributed by atoms with E-state index in [-0.39, 0.29) is 11.5 Å². The number of hydrazone groups is 1. The van der Waals surface area contributed by atoms with E-state index in [1.165, 1.54) is 18.2 Å². The Balaban J connectivity index is 2.74. The number of carbonyl (C=O) groups is 1. The number of rotatable bonds is 3. The lowest BCUT2D eigenvalue weighted by molar-refractivity contribution is 0.0950. The summed E-state index contributed by atoms with van der Waals surface area (Å²) in [6, 6.07) is 5.81. The maximum absolute atomic E-state index is 13.2. The minimum absolute atomic E-state index is 0.00260. The Labute approximate surface area is 94.4 Å². The summed E-state index contributed by atoms with van der Waals surface area (Å²) in [5.41, 5.74) is 3.13. The maximum atomic E-state index is 13.2. The van der Waals surface area contributed by atoms with E-state index in [0.717, 1.165) is 5.71 Å². The van der Waals surface area contributed by atoms with Gasteiger partial charge in [-0.1, -0.05) is 26.0 Å². The Kier molecular flexibility index (Phi) is 4.17. The largest absolute Gasteiger partial charge is 0.274 e. The molecule has 1 N–H and O–H groups in total. The Morgan fingerprint density at radius 3 is 2.56 bits per heavy atom. The summed E-state index contributed by atoms with van der Waals surface area (Å²) in [5.74, 6) is -0.823. The van der Waals surface area contributed by atoms with Crippen molar-refractivity contribution in [3.8, 4) is 0 Å². The van der Waals surface area contributed by atoms with Crippen LogP contribution in [-0.2, 0) is 0 Å². The molecule has 16 heavy (non-hydrogen) atoms. The van der Waals surface area contributed by atoms with Gasteiger partial charge in [-0.25, -0.2) is 9.82 Å². The fraction of sp³-hybridized carbons (Fsp3) is 0.333. The topological polar surface area (TPSA) is 41.5 Å². The molecule has 0 radical (unpaired) electrons. The van der Waals surface area contributed by atoms with E-state index in [0.29, 0.717) is 0 Å². The number of amides is 1. The highest BCUT2D eigenvalue weighted by Crippen LogP contribution is 2.05. The van der Waals surface area contributed by atoms with Crippen LogP contribution in [0.3, 0.4) is 0 Å². The minimum atomic E-state index is -0.544. The van der Waals surface area contributed by atoms with Crippen molar-refractivity contribution in [2.45, 2.75) is 20.8 Å². The van der Waals surface area contributed by atoms with E-state index in [9.17, 15) is 9.18 Å². The smallest absolute Gasteiger partial charge is 0.267 e. The van der Waals surface area contributed by atoms with Gasteiger partial charge in [0.05, 0.1) is 5.56 Å². The molecule has 0 aromatic heterocycles. The molecular formula is C12H15FN2O. The average Bonchev–Trinajstić information content (AvgIpc) is 2.25. The summed E-state index contributed by atoms with van der Waals surface area (Å²) in [6.07, 6.45) is 0. The van der Waals surface area contributed by atoms with Crippen LogP contribution in [0.1, 0.15) is 31.1 Å². The SMILES string of the molecule is CC(=NNC(=O)c1ccccc1F)C(C)C. The molecule has 1 aromatic rings. The molecule has 1 aromatic carbocycles. The van der Waals surface area contributed by atoms with E-state index in [1.54, 1.807) is 6.07 Å². The van der Waals surface area contributed by atoms with Gasteiger partial charge < -0.3 is 0 Å². The monoisotopic (exact) mass is 222 g/mol. The highest BCUT2D eigenvalue weighted by molar-refractivity contribution is 5.95. The van der Waals surface area contributed by atoms with Gasteiger partial charge in [0.25, 0.3) is 5.91 Å². The predicted molar refractivity (Wildman–Crippen MR) is 61.8 cm³/mol. The molecule has 3 nitrogen and oxygen atoms in total. The highest BCUT2D eigenvalue weighted by Gasteiger charge is 2.09. The van der Waals surface area contributed by atoms with Crippen molar-refractivity contribution in [1.82, 2.24) is 5.43 Å². The van der Waals surface area contributed by atoms with Crippen LogP contribution in [-0.4, -0.2) is 11.6 Å². The lowest BCUT2D eigenvalue weighted by Crippen LogP contribution is -2.21. The molecule has 0 heterocycles. The molecule has 0 spiro atoms. The van der Waals surface area contributed by atoms with Crippen molar-refractivity contribution in [2.75, 3.05) is 0 Å². The molecule has 0 fully saturated rings. The Bertz CT molecular complexity index is 413. The molecule has 1 amide bonds. The zero-order valence-electron chi connectivity index (χ0n) is 9.62. The Morgan fingerprint density at radius 1 is 1.38 bits per heavy atom. The normalized spacial score (nSPS) is 11.7. The van der Waals surface area contributed by atoms with Crippen LogP contribution in [0.2, 0.25) is 0 Å². The molecule has 4 heteroatoms. The molecule has 0 bridgehead atoms. The first kappa shape index (κ1) is 12.4. The van der Waals surface area contributed by atoms with Gasteiger partial charge in [-0.05, 0) is 25.0 Å². The number of hydrogen-bond acceptors (Lipinski definition) is 2. The van der Waals surface area contributed by atoms with Gasteiger partial charge in [-0.3, -0.25) is 4.79 Å². The molecule has 1 rings (SSSR count). The van der Waals surface area contributed by atoms with Crippen LogP contribution in [0.4, 0.5) is 4.39 Å². The van der Waals surface area contributed by atoms with E-state index in [2.05, 4.69) is 10.5 Å². The van der Waals surface area contributed by atoms with Gasteiger partial charge in [0.1, 0.15) is 5.82 Å². The summed E-state index contributed by atoms with van der Waals surface area (Å²) in [4.78, 5) is 11.5. The van der Waals surface area contributed by atoms with Gasteiger partial charge in [-0.2, -0.15) is 5.10 Å². The van der Waals surface area contributed by atoms with Gasteiger partial charge in [0.2, 0.25) is 0 Å². The standard InChI is InChI=1S/C12H15FN2O/c1-8(2)9(3)14-15-12(16)10-6-4-5-7-11(10)13/h4-8H,1-3H3,(H,15,16). The molecule has 0 aliphatic heterocycles. The number of benzene rings is 1. The Hall–Kier alpha value is -1.71. The number of nitrogens with one attached hydrogen (secondary N) is 1. The number of hydrogen-bond donors (Lipinski definition) is 1. The molecule has 0 atom stereocenters. The second kappa shape index (κ2) is 5.39. The van der Waals surface area contributed by atoms with Crippen molar-refractivity contribution < 1.29 is 9.18 Å². The quantitative estimate of drug-likeness (QED) is 0.619. The van der Waals surface area contributed by atoms with Crippen LogP contribution in [0.25, 0.3) is 0 Å². The first-order chi connectivity index (χ1) is 7.52. The highest BCUT2D eigenvalue weighted by atomic mass is 19.1. The van der Waals surface area contributed by atoms with Crippen molar-refractivity contribution in [1.29, 1.82) is 0 Å². The van der Waals surface area contributed by atoms with Crippen LogP contribution in [0.5, 0.6) is 0 Å². The number of nitrogens with zero attached hydrogens (tertiary/aromatic N) is 1. The third kappa shape index (κ3) is 3.15. The lowest BCUT2D eigenvalue weighted by Gasteiger charge is -2.05. The predicted octanol–water partition coefficient (Wildman–Crippen LogP) is 2.59. The van der Waals surface area contributed by atoms with Gasteiger partial charge in [0, 0.05) is 5.71 Å². The van der Waals surface area contributed by atoms with Crippen LogP contribution in [0, 0.1) is 11.7 Å². The number of halogens is 1. The van der Waals surface area contributed by atoms with Crippen LogP contribution >= 0.6 is 0 Å². The molecule has 0 aliphatic rings. The summed E-state index contributed by atoms with van der Waals surface area (Å²) in [5, 5.41) is 3.89. The third-order valence-corrected chi connectivity index (χ3v) is 2.29. The molecule has 0 aliphatic carbocycles. The van der Waals surface area contributed by atoms with E-state index in [4.69, 9.17) is 0 Å². The van der Waals surface area contributed by atoms with Gasteiger partial charge in [0.15, 0.2) is 0 Å². The van der Waals surface area contributed by atoms with Crippen molar-refractivity contribution >= 4 is 11.6 Å². The third-order valence-electron chi connectivity index (χ3n) is 2.29. The minimum Gasteiger partial charge on any atom is -0.267 e. The van der Waals surface area contributed by atoms with Crippen LogP contribution < -0.4 is 5.43 Å². The van der Waals surface area contributed by atoms with E-state index < -0.39 is 11.7 Å². The molecular weight excluding hydrogens is 207 g/mol. The molecule has 0 unspecified atom stereocenters. The zero-order valence-corrected chi connectivity index (χ0v) is 9.62. The summed E-state index contributed by atoms with van der Waals surface area (Å²) in [7, 11) is 0. The number of carbonyl (C=O) groups excluding carboxylic acids is 1.